The lowest BCUT2D eigenvalue weighted by Crippen LogP contribution is -2.54. The third-order valence-electron chi connectivity index (χ3n) is 4.05. The minimum atomic E-state index is -1.16. The third kappa shape index (κ3) is 3.64. The summed E-state index contributed by atoms with van der Waals surface area (Å²) in [5.41, 5.74) is -1.56. The second-order valence-corrected chi connectivity index (χ2v) is 6.88. The normalized spacial score (nSPS) is 27.7. The standard InChI is InChI=1S/C17H24FNO4/c1-11-13(9-20)17(10-22-11,12-7-5-6-8-14(12)18)19-15(21)23-16(2,3)4/h5-8,11,13,20H,9-10H2,1-4H3,(H,19,21)/t11-,13?,17-/m1/s1. The lowest BCUT2D eigenvalue weighted by molar-refractivity contribution is 0.0390. The van der Waals surface area contributed by atoms with Crippen molar-refractivity contribution in [1.29, 1.82) is 0 Å². The maximum absolute atomic E-state index is 14.4. The van der Waals surface area contributed by atoms with Gasteiger partial charge in [-0.25, -0.2) is 9.18 Å². The van der Waals surface area contributed by atoms with Crippen LogP contribution in [-0.4, -0.2) is 36.1 Å². The first-order valence-electron chi connectivity index (χ1n) is 7.68. The molecule has 1 unspecified atom stereocenters. The Balaban J connectivity index is 2.41. The molecule has 5 nitrogen and oxygen atoms in total. The fraction of sp³-hybridized carbons (Fsp3) is 0.588. The van der Waals surface area contributed by atoms with Crippen molar-refractivity contribution in [1.82, 2.24) is 5.32 Å². The number of carbonyl (C=O) groups is 1. The van der Waals surface area contributed by atoms with Crippen molar-refractivity contribution in [3.8, 4) is 0 Å². The largest absolute Gasteiger partial charge is 0.444 e. The number of benzene rings is 1. The van der Waals surface area contributed by atoms with Gasteiger partial charge in [0, 0.05) is 11.5 Å². The summed E-state index contributed by atoms with van der Waals surface area (Å²) in [4.78, 5) is 12.3. The van der Waals surface area contributed by atoms with E-state index in [0.717, 1.165) is 0 Å². The number of aliphatic hydroxyl groups is 1. The molecule has 1 aromatic carbocycles. The van der Waals surface area contributed by atoms with Crippen LogP contribution in [0, 0.1) is 11.7 Å². The first-order chi connectivity index (χ1) is 10.7. The maximum Gasteiger partial charge on any atom is 0.408 e. The van der Waals surface area contributed by atoms with E-state index in [2.05, 4.69) is 5.32 Å². The Kier molecular flexibility index (Phi) is 4.96. The van der Waals surface area contributed by atoms with E-state index in [0.29, 0.717) is 0 Å². The first-order valence-corrected chi connectivity index (χ1v) is 7.68. The van der Waals surface area contributed by atoms with Gasteiger partial charge in [0.2, 0.25) is 0 Å². The van der Waals surface area contributed by atoms with E-state index >= 15 is 0 Å². The van der Waals surface area contributed by atoms with Crippen LogP contribution in [0.25, 0.3) is 0 Å². The molecule has 3 atom stereocenters. The summed E-state index contributed by atoms with van der Waals surface area (Å²) in [5.74, 6) is -0.938. The molecule has 0 aliphatic carbocycles. The van der Waals surface area contributed by atoms with Gasteiger partial charge in [-0.15, -0.1) is 0 Å². The van der Waals surface area contributed by atoms with E-state index < -0.39 is 29.0 Å². The molecule has 1 amide bonds. The molecule has 1 saturated heterocycles. The molecule has 0 radical (unpaired) electrons. The molecule has 1 aliphatic heterocycles. The molecule has 0 spiro atoms. The average Bonchev–Trinajstić information content (AvgIpc) is 2.74. The molecule has 2 N–H and O–H groups in total. The number of halogens is 1. The number of ether oxygens (including phenoxy) is 2. The first kappa shape index (κ1) is 17.7. The zero-order valence-electron chi connectivity index (χ0n) is 13.9. The summed E-state index contributed by atoms with van der Waals surface area (Å²) in [7, 11) is 0. The topological polar surface area (TPSA) is 67.8 Å². The molecule has 1 heterocycles. The lowest BCUT2D eigenvalue weighted by Gasteiger charge is -2.36. The predicted molar refractivity (Wildman–Crippen MR) is 83.4 cm³/mol. The summed E-state index contributed by atoms with van der Waals surface area (Å²) in [6.07, 6.45) is -0.994. The Morgan fingerprint density at radius 3 is 2.70 bits per heavy atom. The van der Waals surface area contributed by atoms with Crippen molar-refractivity contribution in [3.63, 3.8) is 0 Å². The molecule has 23 heavy (non-hydrogen) atoms. The van der Waals surface area contributed by atoms with Crippen molar-refractivity contribution < 1.29 is 23.8 Å². The second kappa shape index (κ2) is 6.45. The average molecular weight is 325 g/mol. The van der Waals surface area contributed by atoms with Gasteiger partial charge in [0.05, 0.1) is 19.3 Å². The van der Waals surface area contributed by atoms with Gasteiger partial charge in [-0.2, -0.15) is 0 Å². The minimum absolute atomic E-state index is 0.0690. The number of rotatable bonds is 3. The second-order valence-electron chi connectivity index (χ2n) is 6.88. The van der Waals surface area contributed by atoms with Crippen LogP contribution in [0.2, 0.25) is 0 Å². The predicted octanol–water partition coefficient (Wildman–Crippen LogP) is 2.57. The fourth-order valence-electron chi connectivity index (χ4n) is 2.97. The third-order valence-corrected chi connectivity index (χ3v) is 4.05. The Bertz CT molecular complexity index is 572. The quantitative estimate of drug-likeness (QED) is 0.896. The van der Waals surface area contributed by atoms with Gasteiger partial charge in [0.1, 0.15) is 17.0 Å². The van der Waals surface area contributed by atoms with Crippen LogP contribution in [0.15, 0.2) is 24.3 Å². The van der Waals surface area contributed by atoms with Crippen LogP contribution in [0.3, 0.4) is 0 Å². The van der Waals surface area contributed by atoms with Gasteiger partial charge in [-0.1, -0.05) is 18.2 Å². The van der Waals surface area contributed by atoms with Crippen molar-refractivity contribution >= 4 is 6.09 Å². The summed E-state index contributed by atoms with van der Waals surface area (Å²) in [5, 5.41) is 12.5. The van der Waals surface area contributed by atoms with Gasteiger partial charge in [-0.05, 0) is 33.8 Å². The number of hydrogen-bond acceptors (Lipinski definition) is 4. The number of nitrogens with one attached hydrogen (secondary N) is 1. The zero-order valence-corrected chi connectivity index (χ0v) is 13.9. The highest BCUT2D eigenvalue weighted by Gasteiger charge is 2.51. The lowest BCUT2D eigenvalue weighted by atomic mass is 9.78. The molecule has 6 heteroatoms. The summed E-state index contributed by atoms with van der Waals surface area (Å²) >= 11 is 0. The van der Waals surface area contributed by atoms with Gasteiger partial charge in [0.25, 0.3) is 0 Å². The van der Waals surface area contributed by atoms with Gasteiger partial charge in [-0.3, -0.25) is 0 Å². The molecule has 1 aromatic rings. The highest BCUT2D eigenvalue weighted by atomic mass is 19.1. The van der Waals surface area contributed by atoms with E-state index in [4.69, 9.17) is 9.47 Å². The molecule has 0 bridgehead atoms. The zero-order chi connectivity index (χ0) is 17.3. The van der Waals surface area contributed by atoms with Crippen molar-refractivity contribution in [2.75, 3.05) is 13.2 Å². The number of hydrogen-bond donors (Lipinski definition) is 2. The van der Waals surface area contributed by atoms with E-state index in [-0.39, 0.29) is 24.9 Å². The fourth-order valence-corrected chi connectivity index (χ4v) is 2.97. The highest BCUT2D eigenvalue weighted by molar-refractivity contribution is 5.69. The number of aliphatic hydroxyl groups excluding tert-OH is 1. The Morgan fingerprint density at radius 2 is 2.13 bits per heavy atom. The Labute approximate surface area is 135 Å². The minimum Gasteiger partial charge on any atom is -0.444 e. The van der Waals surface area contributed by atoms with Crippen LogP contribution >= 0.6 is 0 Å². The smallest absolute Gasteiger partial charge is 0.408 e. The van der Waals surface area contributed by atoms with Crippen LogP contribution in [0.5, 0.6) is 0 Å². The van der Waals surface area contributed by atoms with Crippen LogP contribution < -0.4 is 5.32 Å². The van der Waals surface area contributed by atoms with E-state index in [1.807, 2.05) is 0 Å². The SMILES string of the molecule is C[C@H]1OC[C@@](NC(=O)OC(C)(C)C)(c2ccccc2F)C1CO. The molecule has 0 saturated carbocycles. The number of alkyl carbamates (subject to hydrolysis) is 1. The van der Waals surface area contributed by atoms with Gasteiger partial charge in [0.15, 0.2) is 0 Å². The van der Waals surface area contributed by atoms with E-state index in [9.17, 15) is 14.3 Å². The summed E-state index contributed by atoms with van der Waals surface area (Å²) in [6, 6.07) is 6.18. The Hall–Kier alpha value is -1.66. The van der Waals surface area contributed by atoms with Crippen molar-refractivity contribution in [2.24, 2.45) is 5.92 Å². The highest BCUT2D eigenvalue weighted by Crippen LogP contribution is 2.40. The molecule has 1 aliphatic rings. The summed E-state index contributed by atoms with van der Waals surface area (Å²) in [6.45, 7) is 6.87. The van der Waals surface area contributed by atoms with Crippen LogP contribution in [0.1, 0.15) is 33.3 Å². The number of carbonyl (C=O) groups excluding carboxylic acids is 1. The Morgan fingerprint density at radius 1 is 1.48 bits per heavy atom. The molecular weight excluding hydrogens is 301 g/mol. The van der Waals surface area contributed by atoms with Gasteiger partial charge >= 0.3 is 6.09 Å². The monoisotopic (exact) mass is 325 g/mol. The van der Waals surface area contributed by atoms with Crippen LogP contribution in [0.4, 0.5) is 9.18 Å². The molecule has 1 fully saturated rings. The molecule has 0 aromatic heterocycles. The van der Waals surface area contributed by atoms with Crippen molar-refractivity contribution in [2.45, 2.75) is 44.9 Å². The molecular formula is C17H24FNO4. The van der Waals surface area contributed by atoms with Gasteiger partial charge < -0.3 is 19.9 Å². The van der Waals surface area contributed by atoms with E-state index in [1.54, 1.807) is 45.9 Å². The number of amides is 1. The summed E-state index contributed by atoms with van der Waals surface area (Å²) < 4.78 is 25.3. The van der Waals surface area contributed by atoms with Crippen molar-refractivity contribution in [3.05, 3.63) is 35.6 Å². The molecule has 2 rings (SSSR count). The maximum atomic E-state index is 14.4. The van der Waals surface area contributed by atoms with Crippen LogP contribution in [-0.2, 0) is 15.0 Å². The van der Waals surface area contributed by atoms with E-state index in [1.165, 1.54) is 6.07 Å². The molecule has 128 valence electrons.